The maximum Gasteiger partial charge on any atom is 0.494 e. The molecule has 1 aliphatic rings. The maximum atomic E-state index is 6.63. The second-order valence-electron chi connectivity index (χ2n) is 14.7. The molecule has 4 heterocycles. The number of nitrogens with zero attached hydrogens (tertiary/aromatic N) is 5. The smallest absolute Gasteiger partial charge is 0.399 e. The first-order valence-corrected chi connectivity index (χ1v) is 18.2. The quantitative estimate of drug-likeness (QED) is 0.154. The highest BCUT2D eigenvalue weighted by atomic mass is 16.7. The minimum atomic E-state index is -0.593. The third kappa shape index (κ3) is 6.19. The first kappa shape index (κ1) is 33.6. The molecule has 0 aliphatic carbocycles. The van der Waals surface area contributed by atoms with E-state index < -0.39 is 18.3 Å². The van der Waals surface area contributed by atoms with Gasteiger partial charge in [0.15, 0.2) is 17.5 Å². The number of pyridine rings is 1. The molecule has 54 heavy (non-hydrogen) atoms. The van der Waals surface area contributed by atoms with Crippen molar-refractivity contribution in [1.29, 1.82) is 0 Å². The van der Waals surface area contributed by atoms with E-state index in [9.17, 15) is 0 Å². The van der Waals surface area contributed by atoms with Gasteiger partial charge >= 0.3 is 7.12 Å². The molecule has 0 radical (unpaired) electrons. The molecule has 0 bridgehead atoms. The molecular weight excluding hydrogens is 665 g/mol. The van der Waals surface area contributed by atoms with Gasteiger partial charge in [-0.1, -0.05) is 127 Å². The molecule has 5 aromatic carbocycles. The van der Waals surface area contributed by atoms with E-state index in [0.29, 0.717) is 17.5 Å². The van der Waals surface area contributed by atoms with Crippen molar-refractivity contribution in [3.05, 3.63) is 158 Å². The Morgan fingerprint density at radius 2 is 0.926 bits per heavy atom. The highest BCUT2D eigenvalue weighted by Gasteiger charge is 2.51. The molecule has 7 nitrogen and oxygen atoms in total. The van der Waals surface area contributed by atoms with E-state index >= 15 is 0 Å². The highest BCUT2D eigenvalue weighted by Crippen LogP contribution is 2.39. The van der Waals surface area contributed by atoms with Crippen LogP contribution in [0, 0.1) is 0 Å². The number of aromatic nitrogens is 5. The van der Waals surface area contributed by atoms with Crippen molar-refractivity contribution in [1.82, 2.24) is 24.3 Å². The summed E-state index contributed by atoms with van der Waals surface area (Å²) in [7, 11) is -0.593. The number of imidazole rings is 1. The van der Waals surface area contributed by atoms with E-state index in [2.05, 4.69) is 105 Å². The van der Waals surface area contributed by atoms with Crippen molar-refractivity contribution in [2.75, 3.05) is 0 Å². The van der Waals surface area contributed by atoms with Gasteiger partial charge in [-0.3, -0.25) is 4.40 Å². The predicted octanol–water partition coefficient (Wildman–Crippen LogP) is 9.82. The second-order valence-corrected chi connectivity index (χ2v) is 14.7. The zero-order chi connectivity index (χ0) is 36.9. The number of benzene rings is 5. The molecule has 0 saturated carbocycles. The van der Waals surface area contributed by atoms with Crippen molar-refractivity contribution in [2.24, 2.45) is 0 Å². The van der Waals surface area contributed by atoms with Gasteiger partial charge in [0.2, 0.25) is 0 Å². The van der Waals surface area contributed by atoms with Crippen LogP contribution in [0.5, 0.6) is 0 Å². The molecule has 0 atom stereocenters. The number of hydrogen-bond acceptors (Lipinski definition) is 6. The number of rotatable bonds is 7. The van der Waals surface area contributed by atoms with Crippen LogP contribution in [0.4, 0.5) is 0 Å². The minimum Gasteiger partial charge on any atom is -0.399 e. The summed E-state index contributed by atoms with van der Waals surface area (Å²) in [6.07, 6.45) is 2.07. The summed E-state index contributed by atoms with van der Waals surface area (Å²) < 4.78 is 15.4. The summed E-state index contributed by atoms with van der Waals surface area (Å²) in [5.41, 5.74) is 9.47. The van der Waals surface area contributed by atoms with E-state index in [1.165, 1.54) is 0 Å². The fourth-order valence-corrected chi connectivity index (χ4v) is 6.92. The molecule has 9 rings (SSSR count). The van der Waals surface area contributed by atoms with Crippen molar-refractivity contribution in [2.45, 2.75) is 38.9 Å². The van der Waals surface area contributed by atoms with Crippen molar-refractivity contribution >= 4 is 18.2 Å². The Morgan fingerprint density at radius 3 is 1.54 bits per heavy atom. The Bertz CT molecular complexity index is 2550. The largest absolute Gasteiger partial charge is 0.494 e. The van der Waals surface area contributed by atoms with Crippen LogP contribution in [0.1, 0.15) is 27.7 Å². The van der Waals surface area contributed by atoms with Crippen molar-refractivity contribution in [3.8, 4) is 67.8 Å². The van der Waals surface area contributed by atoms with Gasteiger partial charge in [0.25, 0.3) is 0 Å². The van der Waals surface area contributed by atoms with E-state index in [-0.39, 0.29) is 0 Å². The summed E-state index contributed by atoms with van der Waals surface area (Å²) in [6.45, 7) is 8.30. The van der Waals surface area contributed by atoms with E-state index in [1.807, 2.05) is 84.9 Å². The van der Waals surface area contributed by atoms with Crippen molar-refractivity contribution in [3.63, 3.8) is 0 Å². The molecule has 0 amide bonds. The second kappa shape index (κ2) is 13.3. The van der Waals surface area contributed by atoms with Gasteiger partial charge in [-0.05, 0) is 68.6 Å². The Hall–Kier alpha value is -6.22. The Labute approximate surface area is 315 Å². The fraction of sp³-hybridized carbons (Fsp3) is 0.130. The van der Waals surface area contributed by atoms with Gasteiger partial charge in [0.1, 0.15) is 5.65 Å². The molecule has 1 fully saturated rings. The van der Waals surface area contributed by atoms with Crippen LogP contribution in [0.2, 0.25) is 0 Å². The van der Waals surface area contributed by atoms with Crippen LogP contribution in [-0.4, -0.2) is 42.7 Å². The average molecular weight is 704 g/mol. The summed E-state index contributed by atoms with van der Waals surface area (Å²) in [6, 6.07) is 51.6. The zero-order valence-corrected chi connectivity index (χ0v) is 30.6. The van der Waals surface area contributed by atoms with Gasteiger partial charge in [-0.25, -0.2) is 19.9 Å². The first-order valence-electron chi connectivity index (χ1n) is 18.2. The minimum absolute atomic E-state index is 0.515. The van der Waals surface area contributed by atoms with E-state index in [0.717, 1.165) is 61.4 Å². The van der Waals surface area contributed by atoms with E-state index in [4.69, 9.17) is 29.2 Å². The Morgan fingerprint density at radius 1 is 0.444 bits per heavy atom. The molecule has 1 aliphatic heterocycles. The maximum absolute atomic E-state index is 6.63. The SMILES string of the molecule is CC1(C)OB(c2cc(-c3cccc(-c4c(-c5ccccc5)nc5ccccn45)c3)cc(-c3nc(-c4ccccc4)nc(-c4ccccc4)n3)c2)OC1(C)C. The predicted molar refractivity (Wildman–Crippen MR) is 217 cm³/mol. The van der Waals surface area contributed by atoms with Gasteiger partial charge in [-0.15, -0.1) is 0 Å². The molecule has 3 aromatic heterocycles. The van der Waals surface area contributed by atoms with Crippen LogP contribution < -0.4 is 5.46 Å². The average Bonchev–Trinajstić information content (AvgIpc) is 3.71. The standard InChI is InChI=1S/C46H38BN5O2/c1-45(2)46(3,4)54-47(53-45)38-29-36(28-37(30-38)44-50-42(32-19-10-6-11-20-32)49-43(51-44)33-21-12-7-13-22-33)34-23-16-24-35(27-34)41-40(31-17-8-5-9-18-31)48-39-25-14-15-26-52(39)41/h5-30H,1-4H3. The third-order valence-electron chi connectivity index (χ3n) is 10.5. The lowest BCUT2D eigenvalue weighted by Gasteiger charge is -2.32. The third-order valence-corrected chi connectivity index (χ3v) is 10.5. The van der Waals surface area contributed by atoms with Gasteiger partial charge in [0.05, 0.1) is 22.6 Å². The van der Waals surface area contributed by atoms with Gasteiger partial charge in [0, 0.05) is 34.0 Å². The van der Waals surface area contributed by atoms with Gasteiger partial charge < -0.3 is 9.31 Å². The molecule has 262 valence electrons. The Kier molecular flexibility index (Phi) is 8.29. The van der Waals surface area contributed by atoms with Crippen LogP contribution in [-0.2, 0) is 9.31 Å². The zero-order valence-electron chi connectivity index (χ0n) is 30.6. The Balaban J connectivity index is 1.23. The van der Waals surface area contributed by atoms with Crippen LogP contribution >= 0.6 is 0 Å². The summed E-state index contributed by atoms with van der Waals surface area (Å²) >= 11 is 0. The number of hydrogen-bond donors (Lipinski definition) is 0. The fourth-order valence-electron chi connectivity index (χ4n) is 6.92. The van der Waals surface area contributed by atoms with Gasteiger partial charge in [-0.2, -0.15) is 0 Å². The molecular formula is C46H38BN5O2. The van der Waals surface area contributed by atoms with Crippen LogP contribution in [0.3, 0.4) is 0 Å². The van der Waals surface area contributed by atoms with Crippen molar-refractivity contribution < 1.29 is 9.31 Å². The monoisotopic (exact) mass is 703 g/mol. The summed E-state index contributed by atoms with van der Waals surface area (Å²) in [5.74, 6) is 1.77. The normalized spacial score (nSPS) is 14.8. The lowest BCUT2D eigenvalue weighted by molar-refractivity contribution is 0.00578. The molecule has 0 unspecified atom stereocenters. The summed E-state index contributed by atoms with van der Waals surface area (Å²) in [4.78, 5) is 20.2. The summed E-state index contributed by atoms with van der Waals surface area (Å²) in [5, 5.41) is 0. The van der Waals surface area contributed by atoms with E-state index in [1.54, 1.807) is 0 Å². The molecule has 0 N–H and O–H groups in total. The lowest BCUT2D eigenvalue weighted by Crippen LogP contribution is -2.41. The van der Waals surface area contributed by atoms with Crippen LogP contribution in [0.25, 0.3) is 73.5 Å². The number of fused-ring (bicyclic) bond motifs is 1. The molecule has 8 heteroatoms. The lowest BCUT2D eigenvalue weighted by atomic mass is 9.76. The molecule has 8 aromatic rings. The highest BCUT2D eigenvalue weighted by molar-refractivity contribution is 6.62. The molecule has 1 saturated heterocycles. The topological polar surface area (TPSA) is 74.4 Å². The molecule has 0 spiro atoms. The van der Waals surface area contributed by atoms with Crippen LogP contribution in [0.15, 0.2) is 158 Å². The first-order chi connectivity index (χ1) is 26.2.